The summed E-state index contributed by atoms with van der Waals surface area (Å²) in [6.07, 6.45) is 0. The predicted octanol–water partition coefficient (Wildman–Crippen LogP) is 25.2. The van der Waals surface area contributed by atoms with Gasteiger partial charge in [0.2, 0.25) is 0 Å². The first-order chi connectivity index (χ1) is 58.7. The predicted molar refractivity (Wildman–Crippen MR) is 442 cm³/mol. The second-order valence-corrected chi connectivity index (χ2v) is 32.2. The van der Waals surface area contributed by atoms with Gasteiger partial charge < -0.3 is 15.2 Å². The molecule has 2 aliphatic rings. The molecule has 0 fully saturated rings. The SMILES string of the molecule is [2H]c1c([2H])c([2H])c(-c2cccc(-c3c([2H])c([2H])c([2H])c([2H])c3[2H])c2-c2cc(-c3cc(C(C)(C)C)cc(C(C)(C)C)c3)cc3c2Nc2cc(-n4c5ccc(C(C)(C)C)cc5c5c([2H])c([2H])c([2H])c([2H])c54)cc4c2B3c2cc(-c3cc(C(C)(C)C)cc(C(C)(C)C)c3)cc(-c3c(-c5c([2H])c([2H])c([2H])c([2H])c5[2H])cccc3-c3c([2H])c([2H])c([2H])c([2H])c3[2H])c2N4)c([2H])c1[2H]. The Hall–Kier alpha value is -10.7. The van der Waals surface area contributed by atoms with Crippen molar-refractivity contribution >= 4 is 67.7 Å². The van der Waals surface area contributed by atoms with Crippen LogP contribution in [0.1, 0.15) is 165 Å². The van der Waals surface area contributed by atoms with E-state index in [1.165, 1.54) is 0 Å². The van der Waals surface area contributed by atoms with Gasteiger partial charge >= 0.3 is 0 Å². The van der Waals surface area contributed by atoms with Crippen LogP contribution in [0.4, 0.5) is 22.7 Å². The summed E-state index contributed by atoms with van der Waals surface area (Å²) >= 11 is 0. The molecule has 502 valence electrons. The molecule has 0 saturated heterocycles. The molecule has 0 radical (unpaired) electrons. The van der Waals surface area contributed by atoms with Crippen molar-refractivity contribution in [1.29, 1.82) is 0 Å². The number of hydrogen-bond donors (Lipinski definition) is 2. The molecule has 0 aliphatic carbocycles. The topological polar surface area (TPSA) is 29.0 Å². The van der Waals surface area contributed by atoms with E-state index in [1.807, 2.05) is 63.2 Å². The maximum Gasteiger partial charge on any atom is 0.252 e. The van der Waals surface area contributed by atoms with Gasteiger partial charge in [-0.1, -0.05) is 334 Å². The zero-order valence-corrected chi connectivity index (χ0v) is 60.1. The van der Waals surface area contributed by atoms with Crippen LogP contribution in [-0.4, -0.2) is 11.3 Å². The summed E-state index contributed by atoms with van der Waals surface area (Å²) < 4.78 is 230. The van der Waals surface area contributed by atoms with Gasteiger partial charge in [-0.15, -0.1) is 0 Å². The van der Waals surface area contributed by atoms with E-state index in [-0.39, 0.29) is 101 Å². The zero-order chi connectivity index (χ0) is 91.8. The molecule has 3 heterocycles. The quantitative estimate of drug-likeness (QED) is 0.141. The van der Waals surface area contributed by atoms with Crippen LogP contribution < -0.4 is 27.0 Å². The number of para-hydroxylation sites is 1. The Morgan fingerprint density at radius 1 is 0.294 bits per heavy atom. The van der Waals surface area contributed by atoms with Crippen LogP contribution in [0.3, 0.4) is 0 Å². The molecule has 0 unspecified atom stereocenters. The molecular formula is C98H92BN3. The molecule has 102 heavy (non-hydrogen) atoms. The molecule has 0 atom stereocenters. The molecule has 13 aromatic carbocycles. The molecule has 0 saturated carbocycles. The van der Waals surface area contributed by atoms with E-state index in [0.717, 1.165) is 27.8 Å². The second kappa shape index (κ2) is 24.6. The molecule has 16 rings (SSSR count). The van der Waals surface area contributed by atoms with E-state index >= 15 is 0 Å². The van der Waals surface area contributed by atoms with Crippen LogP contribution in [0.15, 0.2) is 272 Å². The molecule has 1 aromatic heterocycles. The number of hydrogen-bond acceptors (Lipinski definition) is 2. The average molecular weight is 1350 g/mol. The highest BCUT2D eigenvalue weighted by Gasteiger charge is 2.42. The first-order valence-corrected chi connectivity index (χ1v) is 34.7. The van der Waals surface area contributed by atoms with Crippen molar-refractivity contribution in [2.24, 2.45) is 0 Å². The maximum absolute atomic E-state index is 10.0. The van der Waals surface area contributed by atoms with Crippen LogP contribution in [0.2, 0.25) is 0 Å². The van der Waals surface area contributed by atoms with E-state index in [0.29, 0.717) is 66.6 Å². The number of nitrogens with one attached hydrogen (secondary N) is 2. The largest absolute Gasteiger partial charge is 0.356 e. The summed E-state index contributed by atoms with van der Waals surface area (Å²) in [5.41, 5.74) is 7.71. The lowest BCUT2D eigenvalue weighted by molar-refractivity contribution is 0.568. The third-order valence-corrected chi connectivity index (χ3v) is 20.2. The number of anilines is 4. The van der Waals surface area contributed by atoms with Crippen molar-refractivity contribution < 1.29 is 32.9 Å². The summed E-state index contributed by atoms with van der Waals surface area (Å²) in [7, 11) is 0. The van der Waals surface area contributed by atoms with Crippen LogP contribution in [-0.2, 0) is 27.1 Å². The lowest BCUT2D eigenvalue weighted by atomic mass is 9.33. The highest BCUT2D eigenvalue weighted by molar-refractivity contribution is 7.00. The van der Waals surface area contributed by atoms with Gasteiger partial charge in [0.15, 0.2) is 0 Å². The normalized spacial score (nSPS) is 16.3. The van der Waals surface area contributed by atoms with Gasteiger partial charge in [-0.3, -0.25) is 0 Å². The number of nitrogens with zero attached hydrogens (tertiary/aromatic N) is 1. The van der Waals surface area contributed by atoms with Crippen molar-refractivity contribution in [2.75, 3.05) is 10.6 Å². The van der Waals surface area contributed by atoms with Gasteiger partial charge in [0.1, 0.15) is 0 Å². The third-order valence-electron chi connectivity index (χ3n) is 20.2. The van der Waals surface area contributed by atoms with Crippen molar-refractivity contribution in [3.8, 4) is 94.7 Å². The van der Waals surface area contributed by atoms with E-state index in [9.17, 15) is 27.4 Å². The van der Waals surface area contributed by atoms with E-state index in [4.69, 9.17) is 5.48 Å². The first kappa shape index (κ1) is 43.9. The summed E-state index contributed by atoms with van der Waals surface area (Å²) in [5.74, 6) is 0. The van der Waals surface area contributed by atoms with Crippen LogP contribution in [0.5, 0.6) is 0 Å². The summed E-state index contributed by atoms with van der Waals surface area (Å²) in [6, 6.07) is 24.7. The van der Waals surface area contributed by atoms with Crippen LogP contribution in [0, 0.1) is 0 Å². The molecule has 2 N–H and O–H groups in total. The molecule has 0 spiro atoms. The van der Waals surface area contributed by atoms with Crippen molar-refractivity contribution in [1.82, 2.24) is 4.57 Å². The van der Waals surface area contributed by atoms with Gasteiger partial charge in [-0.25, -0.2) is 0 Å². The minimum Gasteiger partial charge on any atom is -0.356 e. The Morgan fingerprint density at radius 3 is 1.00 bits per heavy atom. The molecule has 4 heteroatoms. The zero-order valence-electron chi connectivity index (χ0n) is 84.1. The van der Waals surface area contributed by atoms with Crippen molar-refractivity contribution in [3.63, 3.8) is 0 Å². The minimum atomic E-state index is -1.12. The fourth-order valence-electron chi connectivity index (χ4n) is 14.7. The molecular weight excluding hydrogens is 1230 g/mol. The summed E-state index contributed by atoms with van der Waals surface area (Å²) in [4.78, 5) is 0. The van der Waals surface area contributed by atoms with Gasteiger partial charge in [-0.2, -0.15) is 0 Å². The minimum absolute atomic E-state index is 0.00124. The van der Waals surface area contributed by atoms with Crippen molar-refractivity contribution in [2.45, 2.75) is 131 Å². The monoisotopic (exact) mass is 1350 g/mol. The molecule has 3 nitrogen and oxygen atoms in total. The summed E-state index contributed by atoms with van der Waals surface area (Å²) in [5, 5.41) is 8.62. The fraction of sp³-hybridized carbons (Fsp3) is 0.204. The number of benzene rings is 13. The fourth-order valence-corrected chi connectivity index (χ4v) is 14.7. The first-order valence-electron chi connectivity index (χ1n) is 46.7. The molecule has 14 aromatic rings. The highest BCUT2D eigenvalue weighted by Crippen LogP contribution is 2.51. The van der Waals surface area contributed by atoms with Gasteiger partial charge in [0, 0.05) is 44.6 Å². The third kappa shape index (κ3) is 11.8. The van der Waals surface area contributed by atoms with Crippen molar-refractivity contribution in [3.05, 3.63) is 300 Å². The van der Waals surface area contributed by atoms with Gasteiger partial charge in [0.05, 0.1) is 49.6 Å². The highest BCUT2D eigenvalue weighted by atomic mass is 15.0. The van der Waals surface area contributed by atoms with E-state index in [2.05, 4.69) is 142 Å². The lowest BCUT2D eigenvalue weighted by Crippen LogP contribution is -2.59. The van der Waals surface area contributed by atoms with Crippen LogP contribution >= 0.6 is 0 Å². The Bertz CT molecular complexity index is 6470. The lowest BCUT2D eigenvalue weighted by Gasteiger charge is -2.38. The standard InChI is InChI=1S/C98H92BN3/c1-94(2,3)69-46-47-88-80(58-69)79-40-28-29-45-87(79)102(88)74-59-85-91-86(60-74)101-93-82(90-77(63-36-24-18-25-37-63)43-31-44-78(90)64-38-26-19-27-39-64)53-68(66-50-72(97(10,11)12)57-73(51-66)98(13,14)15)55-84(93)99(91)83-54-67(65-48-70(95(4,5)6)56-71(49-65)96(7,8)9)52-81(92(83)100-85)89-75(61-32-20-16-21-33-61)41-30-42-76(89)62-34-22-17-23-35-62/h16-60,100-101H,1-15H3/i16D,17D,18D,19D,20D,21D,22D,23D,24D,25D,26D,27D,28D,29D,32D,33D,34D,35D,36D,37D,38D,39D,40D,45D. The number of aromatic nitrogens is 1. The smallest absolute Gasteiger partial charge is 0.252 e. The van der Waals surface area contributed by atoms with E-state index in [1.54, 1.807) is 41.0 Å². The summed E-state index contributed by atoms with van der Waals surface area (Å²) in [6.45, 7) is 30.3. The molecule has 0 amide bonds. The molecule has 2 aliphatic heterocycles. The Morgan fingerprint density at radius 2 is 0.637 bits per heavy atom. The van der Waals surface area contributed by atoms with Gasteiger partial charge in [0.25, 0.3) is 6.71 Å². The van der Waals surface area contributed by atoms with Crippen LogP contribution in [0.25, 0.3) is 117 Å². The Labute approximate surface area is 639 Å². The second-order valence-electron chi connectivity index (χ2n) is 32.2. The number of fused-ring (bicyclic) bond motifs is 7. The van der Waals surface area contributed by atoms with Gasteiger partial charge in [-0.05, 0) is 192 Å². The maximum atomic E-state index is 10.0. The number of rotatable bonds is 9. The molecule has 0 bridgehead atoms. The Kier molecular flexibility index (Phi) is 10.6. The average Bonchev–Trinajstić information content (AvgIpc) is 1.39. The van der Waals surface area contributed by atoms with E-state index < -0.39 is 167 Å². The Balaban J connectivity index is 1.19.